The van der Waals surface area contributed by atoms with Crippen LogP contribution in [0.1, 0.15) is 26.3 Å². The van der Waals surface area contributed by atoms with E-state index in [0.717, 1.165) is 22.3 Å². The Bertz CT molecular complexity index is 506. The lowest BCUT2D eigenvalue weighted by atomic mass is 9.89. The Labute approximate surface area is 129 Å². The second kappa shape index (κ2) is 6.29. The van der Waals surface area contributed by atoms with Crippen LogP contribution in [0.5, 0.6) is 5.75 Å². The number of hydrogen-bond donors (Lipinski definition) is 2. The van der Waals surface area contributed by atoms with Gasteiger partial charge in [-0.05, 0) is 35.3 Å². The summed E-state index contributed by atoms with van der Waals surface area (Å²) < 4.78 is 6.77. The van der Waals surface area contributed by atoms with Gasteiger partial charge in [-0.15, -0.1) is 0 Å². The summed E-state index contributed by atoms with van der Waals surface area (Å²) in [4.78, 5) is 0. The van der Waals surface area contributed by atoms with Gasteiger partial charge in [-0.3, -0.25) is 0 Å². The minimum Gasteiger partial charge on any atom is -0.489 e. The van der Waals surface area contributed by atoms with E-state index in [-0.39, 0.29) is 11.5 Å². The summed E-state index contributed by atoms with van der Waals surface area (Å²) in [5.74, 6) is 0.923. The molecule has 1 aromatic carbocycles. The van der Waals surface area contributed by atoms with Crippen molar-refractivity contribution in [2.45, 2.75) is 26.9 Å². The van der Waals surface area contributed by atoms with E-state index in [1.54, 1.807) is 0 Å². The van der Waals surface area contributed by atoms with E-state index in [9.17, 15) is 5.11 Å². The normalized spacial score (nSPS) is 16.1. The predicted molar refractivity (Wildman–Crippen MR) is 85.9 cm³/mol. The summed E-state index contributed by atoms with van der Waals surface area (Å²) in [5.41, 5.74) is 2.19. The molecule has 0 radical (unpaired) electrons. The van der Waals surface area contributed by atoms with Crippen molar-refractivity contribution in [3.05, 3.63) is 33.8 Å². The van der Waals surface area contributed by atoms with Gasteiger partial charge in [-0.1, -0.05) is 36.7 Å². The van der Waals surface area contributed by atoms with Gasteiger partial charge in [0.05, 0.1) is 6.10 Å². The smallest absolute Gasteiger partial charge is 0.127 e. The molecule has 0 amide bonds. The molecule has 4 heteroatoms. The highest BCUT2D eigenvalue weighted by molar-refractivity contribution is 9.10. The molecule has 1 heterocycles. The molecule has 1 unspecified atom stereocenters. The third kappa shape index (κ3) is 4.08. The lowest BCUT2D eigenvalue weighted by Crippen LogP contribution is -2.37. The van der Waals surface area contributed by atoms with Gasteiger partial charge >= 0.3 is 0 Å². The average molecular weight is 340 g/mol. The van der Waals surface area contributed by atoms with E-state index in [1.165, 1.54) is 5.57 Å². The molecule has 110 valence electrons. The van der Waals surface area contributed by atoms with Crippen LogP contribution in [-0.4, -0.2) is 30.9 Å². The van der Waals surface area contributed by atoms with Crippen LogP contribution < -0.4 is 10.1 Å². The minimum atomic E-state index is -0.353. The third-order valence-electron chi connectivity index (χ3n) is 3.43. The van der Waals surface area contributed by atoms with Crippen LogP contribution in [-0.2, 0) is 0 Å². The van der Waals surface area contributed by atoms with E-state index < -0.39 is 0 Å². The monoisotopic (exact) mass is 339 g/mol. The number of fused-ring (bicyclic) bond motifs is 1. The van der Waals surface area contributed by atoms with Gasteiger partial charge in [-0.2, -0.15) is 0 Å². The summed E-state index contributed by atoms with van der Waals surface area (Å²) in [7, 11) is 0. The molecule has 1 aliphatic rings. The zero-order chi connectivity index (χ0) is 14.8. The molecule has 20 heavy (non-hydrogen) atoms. The van der Waals surface area contributed by atoms with Gasteiger partial charge in [0.25, 0.3) is 0 Å². The Morgan fingerprint density at radius 2 is 2.15 bits per heavy atom. The molecule has 0 fully saturated rings. The largest absolute Gasteiger partial charge is 0.489 e. The molecule has 1 atom stereocenters. The van der Waals surface area contributed by atoms with Crippen molar-refractivity contribution in [2.24, 2.45) is 5.41 Å². The maximum Gasteiger partial charge on any atom is 0.127 e. The second-order valence-corrected chi connectivity index (χ2v) is 7.20. The highest BCUT2D eigenvalue weighted by atomic mass is 79.9. The van der Waals surface area contributed by atoms with Crippen LogP contribution in [0.25, 0.3) is 6.08 Å². The number of benzene rings is 1. The van der Waals surface area contributed by atoms with Crippen LogP contribution in [0.2, 0.25) is 0 Å². The van der Waals surface area contributed by atoms with Gasteiger partial charge in [0.2, 0.25) is 0 Å². The van der Waals surface area contributed by atoms with Gasteiger partial charge < -0.3 is 15.2 Å². The van der Waals surface area contributed by atoms with Crippen LogP contribution in [0.3, 0.4) is 0 Å². The minimum absolute atomic E-state index is 0.0953. The Morgan fingerprint density at radius 3 is 2.85 bits per heavy atom. The molecular formula is C16H22BrNO2. The van der Waals surface area contributed by atoms with Crippen molar-refractivity contribution in [3.63, 3.8) is 0 Å². The molecule has 0 saturated heterocycles. The number of nitrogens with one attached hydrogen (secondary N) is 1. The fraction of sp³-hybridized carbons (Fsp3) is 0.500. The fourth-order valence-electron chi connectivity index (χ4n) is 1.97. The number of halogens is 1. The van der Waals surface area contributed by atoms with Crippen molar-refractivity contribution >= 4 is 22.0 Å². The number of aliphatic hydroxyl groups is 1. The third-order valence-corrected chi connectivity index (χ3v) is 3.93. The first-order valence-electron chi connectivity index (χ1n) is 6.87. The average Bonchev–Trinajstić information content (AvgIpc) is 2.37. The second-order valence-electron chi connectivity index (χ2n) is 6.29. The molecule has 2 N–H and O–H groups in total. The fourth-order valence-corrected chi connectivity index (χ4v) is 2.35. The van der Waals surface area contributed by atoms with Crippen LogP contribution in [0.15, 0.2) is 28.2 Å². The van der Waals surface area contributed by atoms with Crippen molar-refractivity contribution < 1.29 is 9.84 Å². The van der Waals surface area contributed by atoms with Crippen LogP contribution in [0, 0.1) is 5.41 Å². The Hall–Kier alpha value is -0.840. The molecule has 0 saturated carbocycles. The van der Waals surface area contributed by atoms with Gasteiger partial charge in [0.1, 0.15) is 12.4 Å². The maximum absolute atomic E-state index is 9.99. The zero-order valence-corrected chi connectivity index (χ0v) is 13.8. The predicted octanol–water partition coefficient (Wildman–Crippen LogP) is 3.22. The van der Waals surface area contributed by atoms with Crippen molar-refractivity contribution in [1.82, 2.24) is 5.32 Å². The number of rotatable bonds is 4. The van der Waals surface area contributed by atoms with E-state index in [2.05, 4.69) is 33.4 Å². The summed E-state index contributed by atoms with van der Waals surface area (Å²) in [6.45, 7) is 8.04. The Morgan fingerprint density at radius 1 is 1.40 bits per heavy atom. The van der Waals surface area contributed by atoms with E-state index in [1.807, 2.05) is 32.9 Å². The number of aliphatic hydroxyl groups excluding tert-OH is 1. The molecule has 2 rings (SSSR count). The molecule has 1 aromatic rings. The van der Waals surface area contributed by atoms with Crippen LogP contribution >= 0.6 is 15.9 Å². The van der Waals surface area contributed by atoms with Crippen molar-refractivity contribution in [1.29, 1.82) is 0 Å². The summed E-state index contributed by atoms with van der Waals surface area (Å²) in [6.07, 6.45) is 1.80. The SMILES string of the molecule is CC(C)(C)C(O)CNCC1=Cc2cc(Br)ccc2OC1. The van der Waals surface area contributed by atoms with Crippen molar-refractivity contribution in [2.75, 3.05) is 19.7 Å². The first-order chi connectivity index (χ1) is 9.36. The first kappa shape index (κ1) is 15.5. The molecule has 0 aromatic heterocycles. The van der Waals surface area contributed by atoms with Gasteiger partial charge in [0, 0.05) is 23.1 Å². The highest BCUT2D eigenvalue weighted by Gasteiger charge is 2.21. The Kier molecular flexibility index (Phi) is 4.89. The first-order valence-corrected chi connectivity index (χ1v) is 7.66. The summed E-state index contributed by atoms with van der Waals surface area (Å²) >= 11 is 3.47. The van der Waals surface area contributed by atoms with Gasteiger partial charge in [0.15, 0.2) is 0 Å². The lowest BCUT2D eigenvalue weighted by Gasteiger charge is -2.26. The molecular weight excluding hydrogens is 318 g/mol. The standard InChI is InChI=1S/C16H22BrNO2/c1-16(2,3)15(19)9-18-8-11-6-12-7-13(17)4-5-14(12)20-10-11/h4-7,15,18-19H,8-10H2,1-3H3. The summed E-state index contributed by atoms with van der Waals surface area (Å²) in [6, 6.07) is 6.01. The van der Waals surface area contributed by atoms with Crippen LogP contribution in [0.4, 0.5) is 0 Å². The molecule has 1 aliphatic heterocycles. The zero-order valence-electron chi connectivity index (χ0n) is 12.2. The molecule has 0 aliphatic carbocycles. The lowest BCUT2D eigenvalue weighted by molar-refractivity contribution is 0.0636. The van der Waals surface area contributed by atoms with E-state index in [0.29, 0.717) is 13.2 Å². The molecule has 0 spiro atoms. The topological polar surface area (TPSA) is 41.5 Å². The van der Waals surface area contributed by atoms with E-state index >= 15 is 0 Å². The van der Waals surface area contributed by atoms with Crippen molar-refractivity contribution in [3.8, 4) is 5.75 Å². The number of ether oxygens (including phenoxy) is 1. The molecule has 0 bridgehead atoms. The quantitative estimate of drug-likeness (QED) is 0.884. The summed E-state index contributed by atoms with van der Waals surface area (Å²) in [5, 5.41) is 13.3. The number of hydrogen-bond acceptors (Lipinski definition) is 3. The maximum atomic E-state index is 9.99. The Balaban J connectivity index is 1.92. The highest BCUT2D eigenvalue weighted by Crippen LogP contribution is 2.28. The molecule has 3 nitrogen and oxygen atoms in total. The van der Waals surface area contributed by atoms with E-state index in [4.69, 9.17) is 4.74 Å². The van der Waals surface area contributed by atoms with Gasteiger partial charge in [-0.25, -0.2) is 0 Å².